The third-order valence-electron chi connectivity index (χ3n) is 5.55. The fraction of sp³-hybridized carbons (Fsp3) is 0.450. The van der Waals surface area contributed by atoms with E-state index in [0.29, 0.717) is 42.7 Å². The molecular formula is C20H21F3N6O2. The number of hydrogen-bond acceptors (Lipinski definition) is 7. The van der Waals surface area contributed by atoms with E-state index in [2.05, 4.69) is 25.7 Å². The molecule has 0 saturated carbocycles. The van der Waals surface area contributed by atoms with E-state index in [1.165, 1.54) is 17.8 Å². The number of ether oxygens (including phenoxy) is 2. The maximum atomic E-state index is 15.0. The molecule has 2 aliphatic rings. The summed E-state index contributed by atoms with van der Waals surface area (Å²) in [4.78, 5) is 8.31. The lowest BCUT2D eigenvalue weighted by Gasteiger charge is -2.31. The Hall–Kier alpha value is -2.92. The van der Waals surface area contributed by atoms with Crippen LogP contribution >= 0.6 is 0 Å². The maximum Gasteiger partial charge on any atom is 0.194 e. The SMILES string of the molecule is COc1cc2ncc(-c3nc(NC4(F)CCCNC4)c(F)cc3F)n2nc1C1CCO1. The molecule has 2 unspecified atom stereocenters. The second kappa shape index (κ2) is 7.65. The lowest BCUT2D eigenvalue weighted by molar-refractivity contribution is -0.0569. The Bertz CT molecular complexity index is 1130. The van der Waals surface area contributed by atoms with Crippen molar-refractivity contribution in [2.24, 2.45) is 0 Å². The first-order chi connectivity index (χ1) is 15.0. The van der Waals surface area contributed by atoms with Crippen LogP contribution in [0.2, 0.25) is 0 Å². The van der Waals surface area contributed by atoms with Crippen molar-refractivity contribution in [3.8, 4) is 17.1 Å². The topological polar surface area (TPSA) is 85.6 Å². The van der Waals surface area contributed by atoms with Crippen LogP contribution in [0, 0.1) is 11.6 Å². The lowest BCUT2D eigenvalue weighted by atomic mass is 10.1. The highest BCUT2D eigenvalue weighted by molar-refractivity contribution is 5.63. The first-order valence-corrected chi connectivity index (χ1v) is 10.1. The van der Waals surface area contributed by atoms with E-state index in [-0.39, 0.29) is 36.3 Å². The molecule has 2 aliphatic heterocycles. The van der Waals surface area contributed by atoms with Crippen molar-refractivity contribution in [2.45, 2.75) is 31.2 Å². The number of halogens is 3. The fourth-order valence-corrected chi connectivity index (χ4v) is 3.83. The summed E-state index contributed by atoms with van der Waals surface area (Å²) in [6.07, 6.45) is 2.71. The molecule has 0 aromatic carbocycles. The lowest BCUT2D eigenvalue weighted by Crippen LogP contribution is -2.48. The Labute approximate surface area is 175 Å². The van der Waals surface area contributed by atoms with Gasteiger partial charge in [-0.2, -0.15) is 5.10 Å². The van der Waals surface area contributed by atoms with Gasteiger partial charge in [0.05, 0.1) is 19.9 Å². The van der Waals surface area contributed by atoms with Crippen LogP contribution < -0.4 is 15.4 Å². The first kappa shape index (κ1) is 20.0. The highest BCUT2D eigenvalue weighted by Gasteiger charge is 2.33. The summed E-state index contributed by atoms with van der Waals surface area (Å²) in [5.74, 6) is -3.61. The fourth-order valence-electron chi connectivity index (χ4n) is 3.83. The summed E-state index contributed by atoms with van der Waals surface area (Å²) in [7, 11) is 1.52. The van der Waals surface area contributed by atoms with Gasteiger partial charge in [-0.05, 0) is 13.0 Å². The van der Waals surface area contributed by atoms with Gasteiger partial charge in [0.25, 0.3) is 0 Å². The number of pyridine rings is 1. The van der Waals surface area contributed by atoms with Crippen LogP contribution in [0.4, 0.5) is 19.0 Å². The van der Waals surface area contributed by atoms with E-state index < -0.39 is 17.4 Å². The van der Waals surface area contributed by atoms with Gasteiger partial charge in [-0.25, -0.2) is 27.7 Å². The molecule has 2 saturated heterocycles. The third kappa shape index (κ3) is 3.57. The van der Waals surface area contributed by atoms with E-state index in [1.807, 2.05) is 0 Å². The normalized spacial score (nSPS) is 23.5. The van der Waals surface area contributed by atoms with Crippen LogP contribution in [0.5, 0.6) is 5.75 Å². The Morgan fingerprint density at radius 3 is 2.84 bits per heavy atom. The highest BCUT2D eigenvalue weighted by atomic mass is 19.1. The number of anilines is 1. The third-order valence-corrected chi connectivity index (χ3v) is 5.55. The molecule has 0 bridgehead atoms. The molecule has 3 aromatic heterocycles. The number of fused-ring (bicyclic) bond motifs is 1. The molecule has 5 heterocycles. The van der Waals surface area contributed by atoms with Crippen molar-refractivity contribution < 1.29 is 22.6 Å². The van der Waals surface area contributed by atoms with Crippen molar-refractivity contribution in [2.75, 3.05) is 32.1 Å². The zero-order valence-corrected chi connectivity index (χ0v) is 16.8. The predicted octanol–water partition coefficient (Wildman–Crippen LogP) is 3.00. The molecule has 0 aliphatic carbocycles. The van der Waals surface area contributed by atoms with E-state index >= 15 is 4.39 Å². The summed E-state index contributed by atoms with van der Waals surface area (Å²) in [6, 6.07) is 2.35. The van der Waals surface area contributed by atoms with Crippen molar-refractivity contribution >= 4 is 11.5 Å². The maximum absolute atomic E-state index is 15.0. The second-order valence-electron chi connectivity index (χ2n) is 7.68. The zero-order chi connectivity index (χ0) is 21.6. The van der Waals surface area contributed by atoms with Gasteiger partial charge in [0.15, 0.2) is 28.9 Å². The van der Waals surface area contributed by atoms with E-state index in [9.17, 15) is 8.78 Å². The molecule has 2 N–H and O–H groups in total. The van der Waals surface area contributed by atoms with Crippen LogP contribution in [0.1, 0.15) is 31.1 Å². The van der Waals surface area contributed by atoms with Gasteiger partial charge in [-0.3, -0.25) is 0 Å². The molecule has 3 aromatic rings. The van der Waals surface area contributed by atoms with Crippen LogP contribution in [-0.2, 0) is 4.74 Å². The zero-order valence-electron chi connectivity index (χ0n) is 16.8. The van der Waals surface area contributed by atoms with Crippen molar-refractivity contribution in [1.29, 1.82) is 0 Å². The minimum absolute atomic E-state index is 0.00252. The molecule has 164 valence electrons. The second-order valence-corrected chi connectivity index (χ2v) is 7.68. The van der Waals surface area contributed by atoms with E-state index in [4.69, 9.17) is 9.47 Å². The summed E-state index contributed by atoms with van der Waals surface area (Å²) < 4.78 is 56.4. The molecule has 31 heavy (non-hydrogen) atoms. The quantitative estimate of drug-likeness (QED) is 0.597. The average molecular weight is 434 g/mol. The van der Waals surface area contributed by atoms with Gasteiger partial charge in [0, 0.05) is 31.5 Å². The number of nitrogens with one attached hydrogen (secondary N) is 2. The van der Waals surface area contributed by atoms with Crippen LogP contribution in [0.25, 0.3) is 17.0 Å². The number of aromatic nitrogens is 4. The van der Waals surface area contributed by atoms with Gasteiger partial charge in [0.1, 0.15) is 28.9 Å². The van der Waals surface area contributed by atoms with E-state index in [1.54, 1.807) is 6.07 Å². The van der Waals surface area contributed by atoms with Crippen molar-refractivity contribution in [3.63, 3.8) is 0 Å². The number of methoxy groups -OCH3 is 1. The Morgan fingerprint density at radius 2 is 2.16 bits per heavy atom. The molecular weight excluding hydrogens is 413 g/mol. The first-order valence-electron chi connectivity index (χ1n) is 10.1. The monoisotopic (exact) mass is 434 g/mol. The number of piperidine rings is 1. The number of hydrogen-bond donors (Lipinski definition) is 2. The van der Waals surface area contributed by atoms with Crippen molar-refractivity contribution in [1.82, 2.24) is 24.9 Å². The summed E-state index contributed by atoms with van der Waals surface area (Å²) in [6.45, 7) is 1.30. The smallest absolute Gasteiger partial charge is 0.194 e. The Morgan fingerprint density at radius 1 is 1.32 bits per heavy atom. The van der Waals surface area contributed by atoms with Gasteiger partial charge in [0.2, 0.25) is 0 Å². The number of alkyl halides is 1. The van der Waals surface area contributed by atoms with Gasteiger partial charge in [-0.1, -0.05) is 0 Å². The predicted molar refractivity (Wildman–Crippen MR) is 106 cm³/mol. The van der Waals surface area contributed by atoms with Gasteiger partial charge < -0.3 is 20.1 Å². The van der Waals surface area contributed by atoms with Crippen LogP contribution in [0.3, 0.4) is 0 Å². The molecule has 5 rings (SSSR count). The molecule has 0 amide bonds. The molecule has 11 heteroatoms. The summed E-state index contributed by atoms with van der Waals surface area (Å²) in [5, 5.41) is 9.95. The van der Waals surface area contributed by atoms with Gasteiger partial charge in [-0.15, -0.1) is 0 Å². The average Bonchev–Trinajstić information content (AvgIpc) is 3.11. The van der Waals surface area contributed by atoms with Crippen molar-refractivity contribution in [3.05, 3.63) is 35.7 Å². The number of nitrogens with zero attached hydrogens (tertiary/aromatic N) is 4. The van der Waals surface area contributed by atoms with E-state index in [0.717, 1.165) is 6.42 Å². The van der Waals surface area contributed by atoms with Crippen LogP contribution in [-0.4, -0.2) is 52.2 Å². The minimum Gasteiger partial charge on any atom is -0.495 e. The highest BCUT2D eigenvalue weighted by Crippen LogP contribution is 2.35. The standard InChI is InChI=1S/C20H21F3N6O2/c1-30-15-8-16-25-9-13(29(16)28-18(15)14-3-6-31-14)17-11(21)7-12(22)19(26-17)27-20(23)4-2-5-24-10-20/h7-9,14,24H,2-6,10H2,1H3,(H,26,27). The molecule has 2 atom stereocenters. The molecule has 0 spiro atoms. The summed E-state index contributed by atoms with van der Waals surface area (Å²) in [5.41, 5.74) is 0.959. The Balaban J connectivity index is 1.58. The Kier molecular flexibility index (Phi) is 4.94. The molecule has 8 nitrogen and oxygen atoms in total. The summed E-state index contributed by atoms with van der Waals surface area (Å²) >= 11 is 0. The largest absolute Gasteiger partial charge is 0.495 e. The number of imidazole rings is 1. The molecule has 0 radical (unpaired) electrons. The van der Waals surface area contributed by atoms with Gasteiger partial charge >= 0.3 is 0 Å². The van der Waals surface area contributed by atoms with Crippen LogP contribution in [0.15, 0.2) is 18.3 Å². The number of rotatable bonds is 5. The minimum atomic E-state index is -1.87. The molecule has 2 fully saturated rings.